The molecule has 0 aliphatic carbocycles. The number of thioether (sulfide) groups is 1. The minimum Gasteiger partial charge on any atom is -0.462 e. The monoisotopic (exact) mass is 368 g/mol. The van der Waals surface area contributed by atoms with Gasteiger partial charge in [0, 0.05) is 21.2 Å². The second-order valence-corrected chi connectivity index (χ2v) is 7.34. The smallest absolute Gasteiger partial charge is 0.339 e. The van der Waals surface area contributed by atoms with Crippen LogP contribution in [0.4, 0.5) is 0 Å². The van der Waals surface area contributed by atoms with Gasteiger partial charge in [-0.2, -0.15) is 0 Å². The molecule has 6 heteroatoms. The molecule has 2 rings (SSSR count). The molecule has 0 bridgehead atoms. The molecule has 0 aliphatic heterocycles. The average Bonchev–Trinajstić information content (AvgIpc) is 2.87. The van der Waals surface area contributed by atoms with E-state index >= 15 is 0 Å². The lowest BCUT2D eigenvalue weighted by molar-refractivity contribution is -0.115. The fourth-order valence-electron chi connectivity index (χ4n) is 2.03. The van der Waals surface area contributed by atoms with Crippen molar-refractivity contribution in [3.8, 4) is 0 Å². The molecule has 0 fully saturated rings. The second kappa shape index (κ2) is 8.52. The number of ether oxygens (including phenoxy) is 1. The standard InChI is InChI=1S/C17H17ClO3S2/c1-3-21-17(20)16-11(2)9-23-15(16)8-13(19)10-22-14-6-4-12(18)5-7-14/h4-7,9H,3,8,10H2,1-2H3. The Kier molecular flexibility index (Phi) is 6.69. The first kappa shape index (κ1) is 18.0. The molecule has 1 heterocycles. The maximum Gasteiger partial charge on any atom is 0.339 e. The summed E-state index contributed by atoms with van der Waals surface area (Å²) in [6, 6.07) is 7.38. The van der Waals surface area contributed by atoms with Crippen LogP contribution in [0.2, 0.25) is 5.02 Å². The van der Waals surface area contributed by atoms with E-state index in [1.165, 1.54) is 23.1 Å². The number of esters is 1. The van der Waals surface area contributed by atoms with E-state index in [0.29, 0.717) is 22.9 Å². The van der Waals surface area contributed by atoms with Gasteiger partial charge in [0.05, 0.1) is 17.9 Å². The van der Waals surface area contributed by atoms with Crippen molar-refractivity contribution in [2.45, 2.75) is 25.2 Å². The lowest BCUT2D eigenvalue weighted by atomic mass is 10.1. The number of hydrogen-bond donors (Lipinski definition) is 0. The van der Waals surface area contributed by atoms with Crippen LogP contribution in [-0.4, -0.2) is 24.1 Å². The van der Waals surface area contributed by atoms with Crippen molar-refractivity contribution in [1.29, 1.82) is 0 Å². The van der Waals surface area contributed by atoms with E-state index < -0.39 is 0 Å². The van der Waals surface area contributed by atoms with E-state index in [1.807, 2.05) is 24.4 Å². The van der Waals surface area contributed by atoms with Crippen LogP contribution in [0, 0.1) is 6.92 Å². The fourth-order valence-corrected chi connectivity index (χ4v) is 3.96. The summed E-state index contributed by atoms with van der Waals surface area (Å²) in [7, 11) is 0. The molecule has 0 saturated carbocycles. The first-order valence-corrected chi connectivity index (χ1v) is 9.39. The van der Waals surface area contributed by atoms with Gasteiger partial charge in [-0.3, -0.25) is 4.79 Å². The molecule has 0 radical (unpaired) electrons. The number of rotatable bonds is 7. The molecule has 0 aliphatic rings. The topological polar surface area (TPSA) is 43.4 Å². The highest BCUT2D eigenvalue weighted by Crippen LogP contribution is 2.25. The van der Waals surface area contributed by atoms with E-state index in [0.717, 1.165) is 15.3 Å². The summed E-state index contributed by atoms with van der Waals surface area (Å²) < 4.78 is 5.07. The van der Waals surface area contributed by atoms with Crippen molar-refractivity contribution in [2.24, 2.45) is 0 Å². The lowest BCUT2D eigenvalue weighted by Crippen LogP contribution is -2.11. The van der Waals surface area contributed by atoms with Gasteiger partial charge in [0.2, 0.25) is 0 Å². The lowest BCUT2D eigenvalue weighted by Gasteiger charge is -2.05. The predicted octanol–water partition coefficient (Wildman–Crippen LogP) is 4.79. The van der Waals surface area contributed by atoms with Crippen LogP contribution >= 0.6 is 34.7 Å². The number of ketones is 1. The molecule has 2 aromatic rings. The van der Waals surface area contributed by atoms with E-state index in [2.05, 4.69) is 0 Å². The largest absolute Gasteiger partial charge is 0.462 e. The molecule has 0 atom stereocenters. The summed E-state index contributed by atoms with van der Waals surface area (Å²) in [6.45, 7) is 3.96. The Bertz CT molecular complexity index is 692. The van der Waals surface area contributed by atoms with Crippen LogP contribution in [0.5, 0.6) is 0 Å². The zero-order valence-corrected chi connectivity index (χ0v) is 15.3. The zero-order valence-electron chi connectivity index (χ0n) is 12.9. The molecule has 0 N–H and O–H groups in total. The Morgan fingerprint density at radius 1 is 1.26 bits per heavy atom. The molecular formula is C17H17ClO3S2. The Balaban J connectivity index is 1.97. The second-order valence-electron chi connectivity index (χ2n) is 4.90. The Hall–Kier alpha value is -1.30. The van der Waals surface area contributed by atoms with Gasteiger partial charge in [-0.1, -0.05) is 11.6 Å². The highest BCUT2D eigenvalue weighted by molar-refractivity contribution is 8.00. The summed E-state index contributed by atoms with van der Waals surface area (Å²) in [6.07, 6.45) is 0.257. The molecular weight excluding hydrogens is 352 g/mol. The zero-order chi connectivity index (χ0) is 16.8. The maximum absolute atomic E-state index is 12.2. The molecule has 0 spiro atoms. The number of benzene rings is 1. The molecule has 23 heavy (non-hydrogen) atoms. The van der Waals surface area contributed by atoms with E-state index in [9.17, 15) is 9.59 Å². The highest BCUT2D eigenvalue weighted by Gasteiger charge is 2.19. The number of thiophene rings is 1. The van der Waals surface area contributed by atoms with Crippen molar-refractivity contribution >= 4 is 46.5 Å². The highest BCUT2D eigenvalue weighted by atomic mass is 35.5. The Labute approximate surface area is 149 Å². The van der Waals surface area contributed by atoms with Crippen LogP contribution in [0.25, 0.3) is 0 Å². The molecule has 3 nitrogen and oxygen atoms in total. The molecule has 122 valence electrons. The van der Waals surface area contributed by atoms with Gasteiger partial charge in [0.25, 0.3) is 0 Å². The average molecular weight is 369 g/mol. The molecule has 1 aromatic heterocycles. The molecule has 0 saturated heterocycles. The van der Waals surface area contributed by atoms with Crippen LogP contribution in [0.1, 0.15) is 27.7 Å². The van der Waals surface area contributed by atoms with Gasteiger partial charge in [0.1, 0.15) is 5.78 Å². The van der Waals surface area contributed by atoms with E-state index in [1.54, 1.807) is 19.1 Å². The summed E-state index contributed by atoms with van der Waals surface area (Å²) in [4.78, 5) is 26.0. The van der Waals surface area contributed by atoms with Crippen molar-refractivity contribution in [3.63, 3.8) is 0 Å². The predicted molar refractivity (Wildman–Crippen MR) is 95.9 cm³/mol. The third-order valence-corrected chi connectivity index (χ3v) is 5.53. The summed E-state index contributed by atoms with van der Waals surface area (Å²) in [5, 5.41) is 2.56. The Morgan fingerprint density at radius 3 is 2.61 bits per heavy atom. The number of halogens is 1. The molecule has 1 aromatic carbocycles. The quantitative estimate of drug-likeness (QED) is 0.520. The number of carbonyl (C=O) groups excluding carboxylic acids is 2. The van der Waals surface area contributed by atoms with Crippen molar-refractivity contribution in [3.05, 3.63) is 50.7 Å². The third-order valence-electron chi connectivity index (χ3n) is 3.10. The molecule has 0 amide bonds. The maximum atomic E-state index is 12.2. The van der Waals surface area contributed by atoms with Crippen molar-refractivity contribution in [2.75, 3.05) is 12.4 Å². The number of carbonyl (C=O) groups is 2. The van der Waals surface area contributed by atoms with Crippen molar-refractivity contribution < 1.29 is 14.3 Å². The van der Waals surface area contributed by atoms with Crippen LogP contribution in [0.3, 0.4) is 0 Å². The van der Waals surface area contributed by atoms with Gasteiger partial charge >= 0.3 is 5.97 Å². The van der Waals surface area contributed by atoms with Gasteiger partial charge < -0.3 is 4.74 Å². The minimum absolute atomic E-state index is 0.0809. The number of hydrogen-bond acceptors (Lipinski definition) is 5. The van der Waals surface area contributed by atoms with Crippen LogP contribution in [0.15, 0.2) is 34.5 Å². The first-order valence-electron chi connectivity index (χ1n) is 7.15. The van der Waals surface area contributed by atoms with Gasteiger partial charge in [0.15, 0.2) is 0 Å². The number of Topliss-reactive ketones (excluding diaryl/α,β-unsaturated/α-hetero) is 1. The first-order chi connectivity index (χ1) is 11.0. The third kappa shape index (κ3) is 5.09. The normalized spacial score (nSPS) is 10.6. The van der Waals surface area contributed by atoms with E-state index in [-0.39, 0.29) is 18.2 Å². The van der Waals surface area contributed by atoms with Gasteiger partial charge in [-0.05, 0) is 49.1 Å². The van der Waals surface area contributed by atoms with E-state index in [4.69, 9.17) is 16.3 Å². The number of aryl methyl sites for hydroxylation is 1. The summed E-state index contributed by atoms with van der Waals surface area (Å²) >= 11 is 8.74. The summed E-state index contributed by atoms with van der Waals surface area (Å²) in [5.41, 5.74) is 1.41. The van der Waals surface area contributed by atoms with Crippen molar-refractivity contribution in [1.82, 2.24) is 0 Å². The van der Waals surface area contributed by atoms with Crippen LogP contribution < -0.4 is 0 Å². The Morgan fingerprint density at radius 2 is 1.96 bits per heavy atom. The molecule has 0 unspecified atom stereocenters. The van der Waals surface area contributed by atoms with Crippen LogP contribution in [-0.2, 0) is 16.0 Å². The summed E-state index contributed by atoms with van der Waals surface area (Å²) in [5.74, 6) is 0.0951. The van der Waals surface area contributed by atoms with Gasteiger partial charge in [-0.15, -0.1) is 23.1 Å². The SMILES string of the molecule is CCOC(=O)c1c(C)csc1CC(=O)CSc1ccc(Cl)cc1. The minimum atomic E-state index is -0.348. The van der Waals surface area contributed by atoms with Gasteiger partial charge in [-0.25, -0.2) is 4.79 Å². The fraction of sp³-hybridized carbons (Fsp3) is 0.294.